The lowest BCUT2D eigenvalue weighted by Gasteiger charge is -1.99. The first-order valence-electron chi connectivity index (χ1n) is 6.10. The van der Waals surface area contributed by atoms with Gasteiger partial charge in [0.1, 0.15) is 5.65 Å². The van der Waals surface area contributed by atoms with Gasteiger partial charge in [0.2, 0.25) is 11.8 Å². The van der Waals surface area contributed by atoms with Gasteiger partial charge >= 0.3 is 0 Å². The predicted molar refractivity (Wildman–Crippen MR) is 67.2 cm³/mol. The number of fused-ring (bicyclic) bond motifs is 1. The van der Waals surface area contributed by atoms with Crippen LogP contribution in [0.15, 0.2) is 28.9 Å². The molecule has 0 aliphatic carbocycles. The fourth-order valence-electron chi connectivity index (χ4n) is 1.94. The summed E-state index contributed by atoms with van der Waals surface area (Å²) in [7, 11) is 0. The highest BCUT2D eigenvalue weighted by Gasteiger charge is 2.09. The smallest absolute Gasteiger partial charge is 0.247 e. The van der Waals surface area contributed by atoms with Crippen LogP contribution in [-0.4, -0.2) is 19.6 Å². The Kier molecular flexibility index (Phi) is 2.59. The van der Waals surface area contributed by atoms with Crippen molar-refractivity contribution in [3.63, 3.8) is 0 Å². The van der Waals surface area contributed by atoms with E-state index in [1.807, 2.05) is 31.5 Å². The van der Waals surface area contributed by atoms with Crippen LogP contribution in [0.5, 0.6) is 0 Å². The number of imidazole rings is 1. The average Bonchev–Trinajstić information content (AvgIpc) is 3.04. The number of hydrogen-bond acceptors (Lipinski definition) is 4. The largest absolute Gasteiger partial charge is 0.421 e. The minimum atomic E-state index is 0.551. The molecule has 0 N–H and O–H groups in total. The number of nitrogens with zero attached hydrogens (tertiary/aromatic N) is 4. The maximum Gasteiger partial charge on any atom is 0.247 e. The second-order valence-electron chi connectivity index (χ2n) is 4.10. The van der Waals surface area contributed by atoms with Crippen LogP contribution in [0.2, 0.25) is 0 Å². The number of rotatable bonds is 3. The lowest BCUT2D eigenvalue weighted by molar-refractivity contribution is 0.513. The third-order valence-corrected chi connectivity index (χ3v) is 2.97. The van der Waals surface area contributed by atoms with Gasteiger partial charge in [0.15, 0.2) is 0 Å². The normalized spacial score (nSPS) is 11.2. The van der Waals surface area contributed by atoms with E-state index in [4.69, 9.17) is 4.42 Å². The molecule has 0 bridgehead atoms. The van der Waals surface area contributed by atoms with Gasteiger partial charge in [-0.2, -0.15) is 0 Å². The summed E-state index contributed by atoms with van der Waals surface area (Å²) in [4.78, 5) is 4.38. The Bertz CT molecular complexity index is 683. The van der Waals surface area contributed by atoms with Gasteiger partial charge in [-0.15, -0.1) is 10.2 Å². The van der Waals surface area contributed by atoms with Crippen molar-refractivity contribution in [1.82, 2.24) is 19.6 Å². The molecule has 0 saturated heterocycles. The Morgan fingerprint density at radius 3 is 2.83 bits per heavy atom. The standard InChI is InChI=1S/C13H14N4O/c1-3-10-8-14-11-7-9(5-6-17(10)11)13-16-15-12(4-2)18-13/h5-8H,3-4H2,1-2H3. The van der Waals surface area contributed by atoms with Crippen LogP contribution in [0.1, 0.15) is 25.4 Å². The Morgan fingerprint density at radius 1 is 1.22 bits per heavy atom. The molecule has 0 saturated carbocycles. The SMILES string of the molecule is CCc1nnc(-c2ccn3c(CC)cnc3c2)o1. The van der Waals surface area contributed by atoms with E-state index in [1.165, 1.54) is 5.69 Å². The van der Waals surface area contributed by atoms with Crippen molar-refractivity contribution in [2.24, 2.45) is 0 Å². The van der Waals surface area contributed by atoms with Crippen molar-refractivity contribution < 1.29 is 4.42 Å². The maximum atomic E-state index is 5.54. The summed E-state index contributed by atoms with van der Waals surface area (Å²) in [6.07, 6.45) is 5.59. The van der Waals surface area contributed by atoms with Crippen LogP contribution in [0.3, 0.4) is 0 Å². The van der Waals surface area contributed by atoms with E-state index in [0.29, 0.717) is 11.8 Å². The van der Waals surface area contributed by atoms with E-state index in [1.54, 1.807) is 0 Å². The zero-order chi connectivity index (χ0) is 12.5. The summed E-state index contributed by atoms with van der Waals surface area (Å²) in [6, 6.07) is 3.94. The molecule has 0 spiro atoms. The van der Waals surface area contributed by atoms with Gasteiger partial charge in [0.25, 0.3) is 0 Å². The molecule has 0 aliphatic heterocycles. The minimum Gasteiger partial charge on any atom is -0.421 e. The fourth-order valence-corrected chi connectivity index (χ4v) is 1.94. The van der Waals surface area contributed by atoms with Crippen molar-refractivity contribution in [3.05, 3.63) is 36.1 Å². The van der Waals surface area contributed by atoms with Crippen molar-refractivity contribution in [3.8, 4) is 11.5 Å². The van der Waals surface area contributed by atoms with Crippen LogP contribution in [-0.2, 0) is 12.8 Å². The number of aromatic nitrogens is 4. The molecule has 3 rings (SSSR count). The first-order valence-corrected chi connectivity index (χ1v) is 6.10. The van der Waals surface area contributed by atoms with Gasteiger partial charge in [-0.25, -0.2) is 4.98 Å². The predicted octanol–water partition coefficient (Wildman–Crippen LogP) is 2.51. The summed E-state index contributed by atoms with van der Waals surface area (Å²) in [5.41, 5.74) is 3.00. The van der Waals surface area contributed by atoms with Crippen LogP contribution < -0.4 is 0 Å². The number of hydrogen-bond donors (Lipinski definition) is 0. The summed E-state index contributed by atoms with van der Waals surface area (Å²) in [5.74, 6) is 1.21. The maximum absolute atomic E-state index is 5.54. The highest BCUT2D eigenvalue weighted by atomic mass is 16.4. The fraction of sp³-hybridized carbons (Fsp3) is 0.308. The topological polar surface area (TPSA) is 56.2 Å². The summed E-state index contributed by atoms with van der Waals surface area (Å²) < 4.78 is 7.61. The molecular weight excluding hydrogens is 228 g/mol. The highest BCUT2D eigenvalue weighted by Crippen LogP contribution is 2.20. The van der Waals surface area contributed by atoms with Crippen molar-refractivity contribution in [1.29, 1.82) is 0 Å². The molecular formula is C13H14N4O. The van der Waals surface area contributed by atoms with Crippen molar-refractivity contribution in [2.45, 2.75) is 26.7 Å². The van der Waals surface area contributed by atoms with E-state index in [9.17, 15) is 0 Å². The van der Waals surface area contributed by atoms with Gasteiger partial charge in [-0.1, -0.05) is 13.8 Å². The molecule has 0 radical (unpaired) electrons. The average molecular weight is 242 g/mol. The Balaban J connectivity index is 2.07. The van der Waals surface area contributed by atoms with Crippen molar-refractivity contribution in [2.75, 3.05) is 0 Å². The molecule has 0 aromatic carbocycles. The first kappa shape index (κ1) is 11.0. The van der Waals surface area contributed by atoms with Crippen LogP contribution in [0, 0.1) is 0 Å². The lowest BCUT2D eigenvalue weighted by Crippen LogP contribution is -1.90. The number of pyridine rings is 1. The molecule has 0 amide bonds. The van der Waals surface area contributed by atoms with Gasteiger partial charge in [-0.3, -0.25) is 0 Å². The molecule has 5 nitrogen and oxygen atoms in total. The summed E-state index contributed by atoms with van der Waals surface area (Å²) in [6.45, 7) is 4.10. The minimum absolute atomic E-state index is 0.551. The van der Waals surface area contributed by atoms with E-state index < -0.39 is 0 Å². The number of aryl methyl sites for hydroxylation is 2. The van der Waals surface area contributed by atoms with Gasteiger partial charge < -0.3 is 8.82 Å². The molecule has 0 aliphatic rings. The van der Waals surface area contributed by atoms with E-state index in [0.717, 1.165) is 24.1 Å². The molecule has 3 aromatic heterocycles. The molecule has 92 valence electrons. The zero-order valence-corrected chi connectivity index (χ0v) is 10.4. The lowest BCUT2D eigenvalue weighted by atomic mass is 10.2. The molecule has 5 heteroatoms. The van der Waals surface area contributed by atoms with E-state index in [2.05, 4.69) is 26.5 Å². The molecule has 3 aromatic rings. The summed E-state index contributed by atoms with van der Waals surface area (Å²) in [5, 5.41) is 8.01. The molecule has 3 heterocycles. The molecule has 0 atom stereocenters. The molecule has 0 fully saturated rings. The zero-order valence-electron chi connectivity index (χ0n) is 10.4. The first-order chi connectivity index (χ1) is 8.81. The van der Waals surface area contributed by atoms with Gasteiger partial charge in [0.05, 0.1) is 0 Å². The van der Waals surface area contributed by atoms with Crippen LogP contribution in [0.25, 0.3) is 17.1 Å². The third kappa shape index (κ3) is 1.68. The van der Waals surface area contributed by atoms with Gasteiger partial charge in [-0.05, 0) is 18.6 Å². The molecule has 18 heavy (non-hydrogen) atoms. The third-order valence-electron chi connectivity index (χ3n) is 2.97. The molecule has 0 unspecified atom stereocenters. The monoisotopic (exact) mass is 242 g/mol. The Labute approximate surface area is 104 Å². The van der Waals surface area contributed by atoms with Crippen molar-refractivity contribution >= 4 is 5.65 Å². The second kappa shape index (κ2) is 4.25. The Hall–Kier alpha value is -2.17. The van der Waals surface area contributed by atoms with E-state index >= 15 is 0 Å². The van der Waals surface area contributed by atoms with Gasteiger partial charge in [0, 0.05) is 30.1 Å². The quantitative estimate of drug-likeness (QED) is 0.708. The summed E-state index contributed by atoms with van der Waals surface area (Å²) >= 11 is 0. The van der Waals surface area contributed by atoms with Crippen LogP contribution >= 0.6 is 0 Å². The second-order valence-corrected chi connectivity index (χ2v) is 4.10. The van der Waals surface area contributed by atoms with E-state index in [-0.39, 0.29) is 0 Å². The van der Waals surface area contributed by atoms with Crippen LogP contribution in [0.4, 0.5) is 0 Å². The highest BCUT2D eigenvalue weighted by molar-refractivity contribution is 5.59. The Morgan fingerprint density at radius 2 is 2.11 bits per heavy atom.